The molecule has 0 saturated carbocycles. The van der Waals surface area contributed by atoms with Crippen molar-refractivity contribution in [3.63, 3.8) is 0 Å². The number of nitrogens with zero attached hydrogens (tertiary/aromatic N) is 4. The van der Waals surface area contributed by atoms with Crippen molar-refractivity contribution < 1.29 is 47.6 Å². The quantitative estimate of drug-likeness (QED) is 0.0546. The minimum Gasteiger partial charge on any atom is -0.496 e. The molecule has 18 nitrogen and oxygen atoms in total. The first kappa shape index (κ1) is 63.3. The number of rotatable bonds is 22. The van der Waals surface area contributed by atoms with Crippen molar-refractivity contribution in [2.24, 2.45) is 11.8 Å². The number of hydrogen-bond donors (Lipinski definition) is 4. The summed E-state index contributed by atoms with van der Waals surface area (Å²) in [5.74, 6) is 1.27. The van der Waals surface area contributed by atoms with Gasteiger partial charge in [-0.1, -0.05) is 36.0 Å². The molecule has 0 aliphatic carbocycles. The van der Waals surface area contributed by atoms with Crippen molar-refractivity contribution in [2.45, 2.75) is 126 Å². The second-order valence-electron chi connectivity index (χ2n) is 21.0. The zero-order valence-electron chi connectivity index (χ0n) is 44.9. The lowest BCUT2D eigenvalue weighted by Crippen LogP contribution is -2.54. The Morgan fingerprint density at radius 2 is 0.908 bits per heavy atom. The average Bonchev–Trinajstić information content (AvgIpc) is 3.41. The third-order valence-electron chi connectivity index (χ3n) is 16.1. The number of likely N-dealkylation sites (tertiary alicyclic amines) is 2. The van der Waals surface area contributed by atoms with Crippen LogP contribution in [0.1, 0.15) is 111 Å². The third kappa shape index (κ3) is 17.7. The third-order valence-corrected chi connectivity index (χ3v) is 16.8. The summed E-state index contributed by atoms with van der Waals surface area (Å²) in [5, 5.41) is 6.80. The van der Waals surface area contributed by atoms with Gasteiger partial charge in [-0.15, -0.1) is 24.8 Å². The molecule has 8 saturated heterocycles. The minimum absolute atomic E-state index is 0. The van der Waals surface area contributed by atoms with Crippen molar-refractivity contribution in [1.29, 1.82) is 0 Å². The number of hydrogen-bond acceptors (Lipinski definition) is 16. The predicted molar refractivity (Wildman–Crippen MR) is 301 cm³/mol. The first-order valence-electron chi connectivity index (χ1n) is 27.0. The van der Waals surface area contributed by atoms with Crippen molar-refractivity contribution in [2.75, 3.05) is 118 Å². The van der Waals surface area contributed by atoms with Crippen LogP contribution in [-0.4, -0.2) is 187 Å². The maximum atomic E-state index is 13.0. The smallest absolute Gasteiger partial charge is 0.306 e. The summed E-state index contributed by atoms with van der Waals surface area (Å²) in [6.07, 6.45) is 12.8. The van der Waals surface area contributed by atoms with E-state index >= 15 is 0 Å². The molecule has 6 atom stereocenters. The lowest BCUT2D eigenvalue weighted by atomic mass is 9.86. The van der Waals surface area contributed by atoms with Gasteiger partial charge in [0, 0.05) is 78.5 Å². The number of nitrogen functional groups attached to an aromatic ring is 2. The van der Waals surface area contributed by atoms with Crippen LogP contribution in [0.4, 0.5) is 11.4 Å². The highest BCUT2D eigenvalue weighted by molar-refractivity contribution is 6.34. The van der Waals surface area contributed by atoms with E-state index in [1.54, 1.807) is 26.4 Å². The lowest BCUT2D eigenvalue weighted by molar-refractivity contribution is -0.159. The average molecular weight is 1150 g/mol. The number of halogens is 4. The van der Waals surface area contributed by atoms with Crippen LogP contribution in [0.15, 0.2) is 24.3 Å². The zero-order valence-corrected chi connectivity index (χ0v) is 48.1. The van der Waals surface area contributed by atoms with Crippen molar-refractivity contribution in [3.8, 4) is 11.5 Å². The number of esters is 2. The van der Waals surface area contributed by atoms with Crippen molar-refractivity contribution >= 4 is 83.1 Å². The number of benzene rings is 2. The lowest BCUT2D eigenvalue weighted by Gasteiger charge is -2.43. The van der Waals surface area contributed by atoms with Crippen molar-refractivity contribution in [3.05, 3.63) is 45.4 Å². The molecule has 0 spiro atoms. The van der Waals surface area contributed by atoms with Gasteiger partial charge < -0.3 is 60.3 Å². The number of piperidine rings is 8. The Hall–Kier alpha value is -3.56. The summed E-state index contributed by atoms with van der Waals surface area (Å²) in [5.41, 5.74) is 13.1. The molecule has 22 heteroatoms. The summed E-state index contributed by atoms with van der Waals surface area (Å²) in [7, 11) is 6.35. The van der Waals surface area contributed by atoms with Crippen LogP contribution in [0.3, 0.4) is 0 Å². The molecule has 8 aliphatic heterocycles. The Labute approximate surface area is 472 Å². The van der Waals surface area contributed by atoms with Gasteiger partial charge in [-0.05, 0) is 127 Å². The number of amides is 2. The van der Waals surface area contributed by atoms with E-state index in [4.69, 9.17) is 63.1 Å². The number of ether oxygens (including phenoxy) is 6. The summed E-state index contributed by atoms with van der Waals surface area (Å²) < 4.78 is 33.7. The first-order chi connectivity index (χ1) is 35.7. The second kappa shape index (κ2) is 31.3. The molecule has 8 aliphatic rings. The molecule has 2 aromatic carbocycles. The number of carbonyl (C=O) groups excluding carboxylic acids is 4. The molecular weight excluding hydrogens is 1060 g/mol. The number of fused-ring (bicyclic) bond motifs is 6. The number of unbranched alkanes of at least 4 members (excludes halogenated alkanes) is 4. The molecule has 2 aromatic rings. The van der Waals surface area contributed by atoms with E-state index in [9.17, 15) is 19.2 Å². The van der Waals surface area contributed by atoms with Crippen LogP contribution in [0.25, 0.3) is 0 Å². The van der Waals surface area contributed by atoms with Gasteiger partial charge in [0.2, 0.25) is 0 Å². The highest BCUT2D eigenvalue weighted by Crippen LogP contribution is 2.33. The molecule has 10 rings (SSSR count). The Kier molecular flexibility index (Phi) is 26.0. The molecule has 76 heavy (non-hydrogen) atoms. The van der Waals surface area contributed by atoms with Gasteiger partial charge in [0.05, 0.1) is 71.1 Å². The fourth-order valence-electron chi connectivity index (χ4n) is 11.6. The van der Waals surface area contributed by atoms with Gasteiger partial charge in [-0.25, -0.2) is 0 Å². The van der Waals surface area contributed by atoms with Crippen LogP contribution >= 0.6 is 48.0 Å². The number of methoxy groups -OCH3 is 4. The fourth-order valence-corrected chi connectivity index (χ4v) is 11.9. The van der Waals surface area contributed by atoms with Crippen LogP contribution < -0.4 is 31.6 Å². The SMILES string of the molecule is COc1cc(N)c(Cl)cc1C(=O)NC1CCN(CCCCCC(=O)OC2CN3CCC2CC3)CC1OC.COc1cc(N)c(Cl)cc1C(=O)NC1CCN(CCCCCC(=O)OC2CN3CCC2CC3)CC1OC.Cl.Cl. The molecule has 8 heterocycles. The van der Waals surface area contributed by atoms with Crippen LogP contribution in [0, 0.1) is 11.8 Å². The van der Waals surface area contributed by atoms with Gasteiger partial charge in [0.15, 0.2) is 0 Å². The topological polar surface area (TPSA) is 213 Å². The van der Waals surface area contributed by atoms with E-state index in [0.29, 0.717) is 68.7 Å². The molecule has 0 aromatic heterocycles. The van der Waals surface area contributed by atoms with E-state index in [1.165, 1.54) is 26.4 Å². The summed E-state index contributed by atoms with van der Waals surface area (Å²) in [6, 6.07) is 5.96. The molecule has 0 radical (unpaired) electrons. The Balaban J connectivity index is 0.000000274. The van der Waals surface area contributed by atoms with Crippen LogP contribution in [-0.2, 0) is 28.5 Å². The van der Waals surface area contributed by atoms with E-state index < -0.39 is 0 Å². The Bertz CT molecular complexity index is 2040. The van der Waals surface area contributed by atoms with E-state index in [-0.39, 0.29) is 85.1 Å². The highest BCUT2D eigenvalue weighted by Gasteiger charge is 2.38. The first-order valence-corrected chi connectivity index (χ1v) is 27.7. The maximum Gasteiger partial charge on any atom is 0.306 e. The second-order valence-corrected chi connectivity index (χ2v) is 21.8. The molecule has 4 bridgehead atoms. The fraction of sp³-hybridized carbons (Fsp3) is 0.704. The number of anilines is 2. The van der Waals surface area contributed by atoms with E-state index in [0.717, 1.165) is 156 Å². The number of carbonyl (C=O) groups is 4. The van der Waals surface area contributed by atoms with E-state index in [1.807, 2.05) is 0 Å². The monoisotopic (exact) mass is 1140 g/mol. The molecular formula is C54H84Cl4N8O10. The van der Waals surface area contributed by atoms with Gasteiger partial charge in [0.1, 0.15) is 23.7 Å². The predicted octanol–water partition coefficient (Wildman–Crippen LogP) is 6.74. The highest BCUT2D eigenvalue weighted by atomic mass is 35.5. The Morgan fingerprint density at radius 3 is 1.24 bits per heavy atom. The largest absolute Gasteiger partial charge is 0.496 e. The van der Waals surface area contributed by atoms with Gasteiger partial charge >= 0.3 is 11.9 Å². The standard InChI is InChI=1S/2C27H41ClN4O5.2ClH/c2*1-35-23-15-21(29)20(28)14-19(23)27(34)30-22-9-13-31(17-25(22)36-2)10-5-3-4-6-26(33)37-24-16-32-11-7-18(24)8-12-32;;/h2*14-15,18,22,24-25H,3-13,16-17,29H2,1-2H3,(H,30,34);2*1H. The van der Waals surface area contributed by atoms with Crippen LogP contribution in [0.2, 0.25) is 10.0 Å². The van der Waals surface area contributed by atoms with E-state index in [2.05, 4.69) is 30.2 Å². The summed E-state index contributed by atoms with van der Waals surface area (Å²) in [4.78, 5) is 60.1. The minimum atomic E-state index is -0.260. The zero-order chi connectivity index (χ0) is 52.7. The molecule has 6 unspecified atom stereocenters. The summed E-state index contributed by atoms with van der Waals surface area (Å²) in [6.45, 7) is 11.5. The molecule has 8 fully saturated rings. The molecule has 2 amide bonds. The van der Waals surface area contributed by atoms with Gasteiger partial charge in [-0.3, -0.25) is 29.0 Å². The maximum absolute atomic E-state index is 13.0. The normalized spacial score (nSPS) is 26.9. The molecule has 428 valence electrons. The van der Waals surface area contributed by atoms with Gasteiger partial charge in [0.25, 0.3) is 11.8 Å². The Morgan fingerprint density at radius 1 is 0.526 bits per heavy atom. The van der Waals surface area contributed by atoms with Gasteiger partial charge in [-0.2, -0.15) is 0 Å². The summed E-state index contributed by atoms with van der Waals surface area (Å²) >= 11 is 12.3. The number of nitrogens with one attached hydrogen (secondary N) is 2. The number of nitrogens with two attached hydrogens (primary N) is 2. The van der Waals surface area contributed by atoms with Crippen molar-refractivity contribution in [1.82, 2.24) is 30.2 Å². The van der Waals surface area contributed by atoms with Crippen LogP contribution in [0.5, 0.6) is 11.5 Å². The molecule has 6 N–H and O–H groups in total.